The Labute approximate surface area is 99.8 Å². The Morgan fingerprint density at radius 2 is 1.44 bits per heavy atom. The number of alkyl halides is 2. The molecule has 16 heavy (non-hydrogen) atoms. The SMILES string of the molecule is CC(C)CCCCCC(F)(F)C(C)C(C)C. The van der Waals surface area contributed by atoms with Crippen molar-refractivity contribution >= 4 is 0 Å². The Balaban J connectivity index is 3.74. The van der Waals surface area contributed by atoms with Gasteiger partial charge in [0, 0.05) is 12.3 Å². The molecular weight excluding hydrogens is 206 g/mol. The minimum Gasteiger partial charge on any atom is -0.207 e. The molecule has 0 heterocycles. The lowest BCUT2D eigenvalue weighted by Crippen LogP contribution is -2.29. The van der Waals surface area contributed by atoms with E-state index < -0.39 is 11.8 Å². The van der Waals surface area contributed by atoms with E-state index in [2.05, 4.69) is 13.8 Å². The van der Waals surface area contributed by atoms with E-state index in [4.69, 9.17) is 0 Å². The average molecular weight is 234 g/mol. The molecule has 0 spiro atoms. The second-order valence-electron chi connectivity index (χ2n) is 5.79. The molecular formula is C14H28F2. The Bertz CT molecular complexity index is 174. The summed E-state index contributed by atoms with van der Waals surface area (Å²) in [5, 5.41) is 0. The summed E-state index contributed by atoms with van der Waals surface area (Å²) in [6, 6.07) is 0. The van der Waals surface area contributed by atoms with Crippen LogP contribution < -0.4 is 0 Å². The molecule has 0 nitrogen and oxygen atoms in total. The molecule has 0 bridgehead atoms. The van der Waals surface area contributed by atoms with Crippen LogP contribution in [0.15, 0.2) is 0 Å². The number of hydrogen-bond donors (Lipinski definition) is 0. The minimum absolute atomic E-state index is 0.0600. The fourth-order valence-electron chi connectivity index (χ4n) is 1.81. The highest BCUT2D eigenvalue weighted by Crippen LogP contribution is 2.34. The van der Waals surface area contributed by atoms with Crippen molar-refractivity contribution in [3.05, 3.63) is 0 Å². The zero-order valence-corrected chi connectivity index (χ0v) is 11.5. The molecule has 0 saturated carbocycles. The van der Waals surface area contributed by atoms with Gasteiger partial charge in [-0.15, -0.1) is 0 Å². The molecule has 98 valence electrons. The van der Waals surface area contributed by atoms with E-state index in [-0.39, 0.29) is 12.3 Å². The van der Waals surface area contributed by atoms with Crippen molar-refractivity contribution in [1.82, 2.24) is 0 Å². The molecule has 0 aromatic carbocycles. The number of hydrogen-bond acceptors (Lipinski definition) is 0. The first kappa shape index (κ1) is 15.9. The maximum atomic E-state index is 13.7. The van der Waals surface area contributed by atoms with Crippen LogP contribution in [0.3, 0.4) is 0 Å². The summed E-state index contributed by atoms with van der Waals surface area (Å²) in [6.07, 6.45) is 3.91. The topological polar surface area (TPSA) is 0 Å². The van der Waals surface area contributed by atoms with E-state index in [9.17, 15) is 8.78 Å². The van der Waals surface area contributed by atoms with E-state index in [0.29, 0.717) is 12.3 Å². The maximum absolute atomic E-state index is 13.7. The predicted octanol–water partition coefficient (Wildman–Crippen LogP) is 5.52. The minimum atomic E-state index is -2.48. The van der Waals surface area contributed by atoms with Crippen LogP contribution in [0.2, 0.25) is 0 Å². The van der Waals surface area contributed by atoms with E-state index in [1.165, 1.54) is 0 Å². The van der Waals surface area contributed by atoms with Gasteiger partial charge in [-0.25, -0.2) is 8.78 Å². The third-order valence-corrected chi connectivity index (χ3v) is 3.46. The quantitative estimate of drug-likeness (QED) is 0.485. The van der Waals surface area contributed by atoms with Crippen molar-refractivity contribution in [3.63, 3.8) is 0 Å². The fourth-order valence-corrected chi connectivity index (χ4v) is 1.81. The molecule has 0 radical (unpaired) electrons. The van der Waals surface area contributed by atoms with Crippen molar-refractivity contribution in [3.8, 4) is 0 Å². The molecule has 0 amide bonds. The van der Waals surface area contributed by atoms with E-state index in [0.717, 1.165) is 19.3 Å². The van der Waals surface area contributed by atoms with Gasteiger partial charge in [0.2, 0.25) is 0 Å². The van der Waals surface area contributed by atoms with Crippen LogP contribution in [0.1, 0.15) is 66.7 Å². The summed E-state index contributed by atoms with van der Waals surface area (Å²) in [7, 11) is 0. The van der Waals surface area contributed by atoms with Crippen molar-refractivity contribution in [1.29, 1.82) is 0 Å². The third kappa shape index (κ3) is 6.44. The molecule has 1 unspecified atom stereocenters. The second kappa shape index (κ2) is 7.24. The van der Waals surface area contributed by atoms with Gasteiger partial charge in [0.1, 0.15) is 0 Å². The summed E-state index contributed by atoms with van der Waals surface area (Å²) in [5.74, 6) is -2.23. The molecule has 2 heteroatoms. The van der Waals surface area contributed by atoms with Crippen molar-refractivity contribution in [2.24, 2.45) is 17.8 Å². The molecule has 0 aromatic heterocycles. The molecule has 0 aliphatic rings. The second-order valence-corrected chi connectivity index (χ2v) is 5.79. The van der Waals surface area contributed by atoms with Crippen LogP contribution in [0, 0.1) is 17.8 Å². The summed E-state index contributed by atoms with van der Waals surface area (Å²) in [6.45, 7) is 9.76. The molecule has 0 aromatic rings. The standard InChI is InChI=1S/C14H28F2/c1-11(2)9-7-6-8-10-14(15,16)13(5)12(3)4/h11-13H,6-10H2,1-5H3. The number of rotatable bonds is 8. The Hall–Kier alpha value is -0.140. The highest BCUT2D eigenvalue weighted by atomic mass is 19.3. The molecule has 1 atom stereocenters. The zero-order valence-electron chi connectivity index (χ0n) is 11.5. The van der Waals surface area contributed by atoms with Crippen LogP contribution in [-0.2, 0) is 0 Å². The van der Waals surface area contributed by atoms with Crippen molar-refractivity contribution in [2.45, 2.75) is 72.6 Å². The van der Waals surface area contributed by atoms with E-state index >= 15 is 0 Å². The first-order chi connectivity index (χ1) is 7.27. The van der Waals surface area contributed by atoms with Gasteiger partial charge in [0.25, 0.3) is 5.92 Å². The predicted molar refractivity (Wildman–Crippen MR) is 66.9 cm³/mol. The van der Waals surface area contributed by atoms with Crippen LogP contribution in [0.25, 0.3) is 0 Å². The van der Waals surface area contributed by atoms with Gasteiger partial charge in [0.05, 0.1) is 0 Å². The molecule has 0 rings (SSSR count). The Morgan fingerprint density at radius 3 is 1.88 bits per heavy atom. The van der Waals surface area contributed by atoms with Gasteiger partial charge >= 0.3 is 0 Å². The molecule has 0 N–H and O–H groups in total. The monoisotopic (exact) mass is 234 g/mol. The van der Waals surface area contributed by atoms with Crippen LogP contribution in [0.5, 0.6) is 0 Å². The summed E-state index contributed by atoms with van der Waals surface area (Å²) >= 11 is 0. The summed E-state index contributed by atoms with van der Waals surface area (Å²) in [5.41, 5.74) is 0. The third-order valence-electron chi connectivity index (χ3n) is 3.46. The van der Waals surface area contributed by atoms with Crippen molar-refractivity contribution < 1.29 is 8.78 Å². The van der Waals surface area contributed by atoms with Gasteiger partial charge in [-0.2, -0.15) is 0 Å². The Morgan fingerprint density at radius 1 is 0.875 bits per heavy atom. The first-order valence-corrected chi connectivity index (χ1v) is 6.65. The summed E-state index contributed by atoms with van der Waals surface area (Å²) < 4.78 is 27.3. The van der Waals surface area contributed by atoms with Crippen LogP contribution >= 0.6 is 0 Å². The van der Waals surface area contributed by atoms with E-state index in [1.807, 2.05) is 13.8 Å². The zero-order chi connectivity index (χ0) is 12.8. The van der Waals surface area contributed by atoms with E-state index in [1.54, 1.807) is 6.92 Å². The number of halogens is 2. The lowest BCUT2D eigenvalue weighted by molar-refractivity contribution is -0.0759. The molecule has 0 fully saturated rings. The van der Waals surface area contributed by atoms with Gasteiger partial charge in [-0.05, 0) is 18.3 Å². The first-order valence-electron chi connectivity index (χ1n) is 6.65. The fraction of sp³-hybridized carbons (Fsp3) is 1.00. The highest BCUT2D eigenvalue weighted by Gasteiger charge is 2.36. The van der Waals surface area contributed by atoms with Gasteiger partial charge < -0.3 is 0 Å². The van der Waals surface area contributed by atoms with Crippen LogP contribution in [-0.4, -0.2) is 5.92 Å². The largest absolute Gasteiger partial charge is 0.250 e. The smallest absolute Gasteiger partial charge is 0.207 e. The van der Waals surface area contributed by atoms with Gasteiger partial charge in [-0.3, -0.25) is 0 Å². The Kier molecular flexibility index (Phi) is 7.17. The molecule has 0 aliphatic heterocycles. The van der Waals surface area contributed by atoms with Crippen LogP contribution in [0.4, 0.5) is 8.78 Å². The summed E-state index contributed by atoms with van der Waals surface area (Å²) in [4.78, 5) is 0. The lowest BCUT2D eigenvalue weighted by Gasteiger charge is -2.26. The molecule has 0 saturated heterocycles. The maximum Gasteiger partial charge on any atom is 0.250 e. The lowest BCUT2D eigenvalue weighted by atomic mass is 9.88. The normalized spacial score (nSPS) is 14.8. The average Bonchev–Trinajstić information content (AvgIpc) is 2.15. The molecule has 0 aliphatic carbocycles. The highest BCUT2D eigenvalue weighted by molar-refractivity contribution is 4.76. The van der Waals surface area contributed by atoms with Gasteiger partial charge in [0.15, 0.2) is 0 Å². The number of unbranched alkanes of at least 4 members (excludes halogenated alkanes) is 2. The van der Waals surface area contributed by atoms with Crippen molar-refractivity contribution in [2.75, 3.05) is 0 Å². The van der Waals surface area contributed by atoms with Gasteiger partial charge in [-0.1, -0.05) is 53.9 Å².